The van der Waals surface area contributed by atoms with E-state index in [0.717, 1.165) is 18.7 Å². The number of hydrogen-bond donors (Lipinski definition) is 1. The summed E-state index contributed by atoms with van der Waals surface area (Å²) in [6.07, 6.45) is 2.39. The van der Waals surface area contributed by atoms with Crippen LogP contribution in [0.1, 0.15) is 17.5 Å². The van der Waals surface area contributed by atoms with E-state index in [1.807, 2.05) is 6.07 Å². The van der Waals surface area contributed by atoms with E-state index >= 15 is 0 Å². The standard InChI is InChI=1S/C14H23N3/c1-16(2)7-3-8-17-9-6-12-10-14(15)5-4-13(12)11-17/h4-5,10H,3,6-9,11,15H2,1-2H3. The van der Waals surface area contributed by atoms with Gasteiger partial charge in [-0.05, 0) is 63.3 Å². The third-order valence-electron chi connectivity index (χ3n) is 3.40. The Morgan fingerprint density at radius 3 is 2.88 bits per heavy atom. The van der Waals surface area contributed by atoms with E-state index in [2.05, 4.69) is 36.0 Å². The van der Waals surface area contributed by atoms with E-state index in [1.54, 1.807) is 0 Å². The first kappa shape index (κ1) is 12.4. The Balaban J connectivity index is 1.88. The number of fused-ring (bicyclic) bond motifs is 1. The zero-order chi connectivity index (χ0) is 12.3. The van der Waals surface area contributed by atoms with Crippen molar-refractivity contribution >= 4 is 5.69 Å². The summed E-state index contributed by atoms with van der Waals surface area (Å²) in [5.41, 5.74) is 9.60. The van der Waals surface area contributed by atoms with Gasteiger partial charge < -0.3 is 10.6 Å². The molecule has 1 heterocycles. The molecule has 2 N–H and O–H groups in total. The molecule has 1 aliphatic rings. The van der Waals surface area contributed by atoms with Crippen molar-refractivity contribution in [2.24, 2.45) is 0 Å². The summed E-state index contributed by atoms with van der Waals surface area (Å²) < 4.78 is 0. The van der Waals surface area contributed by atoms with Gasteiger partial charge in [0.1, 0.15) is 0 Å². The van der Waals surface area contributed by atoms with Gasteiger partial charge in [0.25, 0.3) is 0 Å². The van der Waals surface area contributed by atoms with E-state index in [1.165, 1.54) is 37.2 Å². The normalized spacial score (nSPS) is 16.2. The number of rotatable bonds is 4. The summed E-state index contributed by atoms with van der Waals surface area (Å²) in [4.78, 5) is 4.79. The minimum absolute atomic E-state index is 0.893. The van der Waals surface area contributed by atoms with Crippen LogP contribution < -0.4 is 5.73 Å². The molecule has 0 amide bonds. The quantitative estimate of drug-likeness (QED) is 0.801. The molecule has 0 aromatic heterocycles. The lowest BCUT2D eigenvalue weighted by Gasteiger charge is -2.29. The van der Waals surface area contributed by atoms with Crippen molar-refractivity contribution in [3.63, 3.8) is 0 Å². The van der Waals surface area contributed by atoms with Crippen molar-refractivity contribution in [3.8, 4) is 0 Å². The molecule has 1 aromatic rings. The highest BCUT2D eigenvalue weighted by Gasteiger charge is 2.15. The average molecular weight is 233 g/mol. The van der Waals surface area contributed by atoms with Crippen LogP contribution in [0.25, 0.3) is 0 Å². The van der Waals surface area contributed by atoms with Crippen molar-refractivity contribution in [3.05, 3.63) is 29.3 Å². The molecule has 0 aliphatic carbocycles. The Bertz CT molecular complexity index is 374. The predicted molar refractivity (Wildman–Crippen MR) is 73.0 cm³/mol. The van der Waals surface area contributed by atoms with Gasteiger partial charge in [-0.25, -0.2) is 0 Å². The first-order valence-corrected chi connectivity index (χ1v) is 6.39. The Morgan fingerprint density at radius 2 is 2.12 bits per heavy atom. The average Bonchev–Trinajstić information content (AvgIpc) is 2.29. The van der Waals surface area contributed by atoms with Crippen LogP contribution in [0.2, 0.25) is 0 Å². The fraction of sp³-hybridized carbons (Fsp3) is 0.571. The Kier molecular flexibility index (Phi) is 4.02. The highest BCUT2D eigenvalue weighted by Crippen LogP contribution is 2.21. The van der Waals surface area contributed by atoms with Crippen LogP contribution in [0, 0.1) is 0 Å². The third-order valence-corrected chi connectivity index (χ3v) is 3.40. The van der Waals surface area contributed by atoms with Crippen LogP contribution in [0.15, 0.2) is 18.2 Å². The van der Waals surface area contributed by atoms with Gasteiger partial charge in [0, 0.05) is 18.8 Å². The van der Waals surface area contributed by atoms with E-state index in [-0.39, 0.29) is 0 Å². The lowest BCUT2D eigenvalue weighted by molar-refractivity contribution is 0.238. The molecule has 0 fully saturated rings. The van der Waals surface area contributed by atoms with E-state index in [4.69, 9.17) is 5.73 Å². The lowest BCUT2D eigenvalue weighted by Crippen LogP contribution is -2.32. The van der Waals surface area contributed by atoms with Gasteiger partial charge in [0.05, 0.1) is 0 Å². The SMILES string of the molecule is CN(C)CCCN1CCc2cc(N)ccc2C1. The van der Waals surface area contributed by atoms with Crippen molar-refractivity contribution < 1.29 is 0 Å². The van der Waals surface area contributed by atoms with Crippen molar-refractivity contribution in [1.29, 1.82) is 0 Å². The highest BCUT2D eigenvalue weighted by atomic mass is 15.1. The molecule has 0 unspecified atom stereocenters. The second-order valence-corrected chi connectivity index (χ2v) is 5.21. The van der Waals surface area contributed by atoms with Gasteiger partial charge in [-0.1, -0.05) is 6.07 Å². The van der Waals surface area contributed by atoms with Crippen molar-refractivity contribution in [2.75, 3.05) is 39.5 Å². The van der Waals surface area contributed by atoms with Gasteiger partial charge in [-0.3, -0.25) is 4.90 Å². The number of nitrogen functional groups attached to an aromatic ring is 1. The fourth-order valence-electron chi connectivity index (χ4n) is 2.43. The molecule has 0 bridgehead atoms. The molecule has 0 radical (unpaired) electrons. The van der Waals surface area contributed by atoms with Crippen LogP contribution in [0.4, 0.5) is 5.69 Å². The number of anilines is 1. The van der Waals surface area contributed by atoms with E-state index < -0.39 is 0 Å². The molecule has 1 aliphatic heterocycles. The number of benzene rings is 1. The molecule has 0 saturated heterocycles. The molecule has 0 spiro atoms. The summed E-state index contributed by atoms with van der Waals surface area (Å²) in [5.74, 6) is 0. The van der Waals surface area contributed by atoms with Crippen LogP contribution in [-0.2, 0) is 13.0 Å². The number of nitrogens with two attached hydrogens (primary N) is 1. The van der Waals surface area contributed by atoms with Gasteiger partial charge in [-0.2, -0.15) is 0 Å². The summed E-state index contributed by atoms with van der Waals surface area (Å²) in [5, 5.41) is 0. The third kappa shape index (κ3) is 3.45. The molecule has 2 rings (SSSR count). The minimum atomic E-state index is 0.893. The van der Waals surface area contributed by atoms with Crippen LogP contribution >= 0.6 is 0 Å². The van der Waals surface area contributed by atoms with Gasteiger partial charge in [-0.15, -0.1) is 0 Å². The van der Waals surface area contributed by atoms with Gasteiger partial charge in [0.15, 0.2) is 0 Å². The van der Waals surface area contributed by atoms with Crippen molar-refractivity contribution in [2.45, 2.75) is 19.4 Å². The Hall–Kier alpha value is -1.06. The summed E-state index contributed by atoms with van der Waals surface area (Å²) >= 11 is 0. The second kappa shape index (κ2) is 5.52. The highest BCUT2D eigenvalue weighted by molar-refractivity contribution is 5.45. The maximum Gasteiger partial charge on any atom is 0.0316 e. The molecule has 0 saturated carbocycles. The zero-order valence-electron chi connectivity index (χ0n) is 10.9. The van der Waals surface area contributed by atoms with E-state index in [9.17, 15) is 0 Å². The second-order valence-electron chi connectivity index (χ2n) is 5.21. The lowest BCUT2D eigenvalue weighted by atomic mass is 9.99. The van der Waals surface area contributed by atoms with Crippen LogP contribution in [-0.4, -0.2) is 43.5 Å². The maximum atomic E-state index is 5.81. The topological polar surface area (TPSA) is 32.5 Å². The number of nitrogens with zero attached hydrogens (tertiary/aromatic N) is 2. The molecule has 1 aromatic carbocycles. The Labute approximate surface area is 104 Å². The largest absolute Gasteiger partial charge is 0.399 e. The van der Waals surface area contributed by atoms with E-state index in [0.29, 0.717) is 0 Å². The summed E-state index contributed by atoms with van der Waals surface area (Å²) in [6.45, 7) is 4.63. The fourth-order valence-corrected chi connectivity index (χ4v) is 2.43. The smallest absolute Gasteiger partial charge is 0.0316 e. The maximum absolute atomic E-state index is 5.81. The molecular formula is C14H23N3. The molecule has 3 nitrogen and oxygen atoms in total. The van der Waals surface area contributed by atoms with Crippen LogP contribution in [0.3, 0.4) is 0 Å². The Morgan fingerprint density at radius 1 is 1.29 bits per heavy atom. The molecular weight excluding hydrogens is 210 g/mol. The van der Waals surface area contributed by atoms with Gasteiger partial charge >= 0.3 is 0 Å². The predicted octanol–water partition coefficient (Wildman–Crippen LogP) is 1.58. The van der Waals surface area contributed by atoms with Crippen molar-refractivity contribution in [1.82, 2.24) is 9.80 Å². The number of hydrogen-bond acceptors (Lipinski definition) is 3. The van der Waals surface area contributed by atoms with Gasteiger partial charge in [0.2, 0.25) is 0 Å². The monoisotopic (exact) mass is 233 g/mol. The van der Waals surface area contributed by atoms with Crippen LogP contribution in [0.5, 0.6) is 0 Å². The zero-order valence-corrected chi connectivity index (χ0v) is 10.9. The minimum Gasteiger partial charge on any atom is -0.399 e. The molecule has 3 heteroatoms. The molecule has 94 valence electrons. The summed E-state index contributed by atoms with van der Waals surface area (Å²) in [7, 11) is 4.27. The first-order valence-electron chi connectivity index (χ1n) is 6.39. The molecule has 0 atom stereocenters. The first-order chi connectivity index (χ1) is 8.15. The summed E-state index contributed by atoms with van der Waals surface area (Å²) in [6, 6.07) is 6.33. The molecule has 17 heavy (non-hydrogen) atoms.